The van der Waals surface area contributed by atoms with E-state index in [-0.39, 0.29) is 16.3 Å². The maximum absolute atomic E-state index is 12.1. The number of aromatic nitrogens is 2. The summed E-state index contributed by atoms with van der Waals surface area (Å²) in [5, 5.41) is 10.3. The van der Waals surface area contributed by atoms with Gasteiger partial charge in [-0.25, -0.2) is 0 Å². The highest BCUT2D eigenvalue weighted by molar-refractivity contribution is 7.17. The molecule has 1 aromatic rings. The van der Waals surface area contributed by atoms with Crippen molar-refractivity contribution in [3.8, 4) is 0 Å². The summed E-state index contributed by atoms with van der Waals surface area (Å²) in [7, 11) is 1.61. The largest absolute Gasteiger partial charge is 0.358 e. The Morgan fingerprint density at radius 2 is 2.00 bits per heavy atom. The molecule has 1 saturated heterocycles. The molecule has 2 heterocycles. The van der Waals surface area contributed by atoms with Crippen molar-refractivity contribution >= 4 is 34.8 Å². The van der Waals surface area contributed by atoms with Crippen LogP contribution in [-0.2, 0) is 4.79 Å². The average Bonchev–Trinajstić information content (AvgIpc) is 2.85. The van der Waals surface area contributed by atoms with Crippen molar-refractivity contribution in [3.05, 3.63) is 9.47 Å². The number of piperazine rings is 1. The van der Waals surface area contributed by atoms with E-state index in [9.17, 15) is 9.59 Å². The second-order valence-corrected chi connectivity index (χ2v) is 5.66. The number of hydrogen-bond acceptors (Lipinski definition) is 6. The average molecular weight is 304 g/mol. The predicted molar refractivity (Wildman–Crippen MR) is 71.3 cm³/mol. The second kappa shape index (κ2) is 6.27. The molecule has 0 radical (unpaired) electrons. The van der Waals surface area contributed by atoms with Gasteiger partial charge in [0.1, 0.15) is 0 Å². The van der Waals surface area contributed by atoms with Gasteiger partial charge in [-0.15, -0.1) is 10.2 Å². The maximum atomic E-state index is 12.1. The number of nitrogens with one attached hydrogen (secondary N) is 1. The number of carbonyl (C=O) groups excluding carboxylic acids is 2. The minimum atomic E-state index is -0.149. The Labute approximate surface area is 119 Å². The number of nitrogens with zero attached hydrogens (tertiary/aromatic N) is 4. The first kappa shape index (κ1) is 14.2. The summed E-state index contributed by atoms with van der Waals surface area (Å²) in [6.07, 6.45) is 0. The molecular weight excluding hydrogens is 290 g/mol. The van der Waals surface area contributed by atoms with Gasteiger partial charge in [-0.2, -0.15) is 0 Å². The van der Waals surface area contributed by atoms with Crippen molar-refractivity contribution in [1.29, 1.82) is 0 Å². The summed E-state index contributed by atoms with van der Waals surface area (Å²) in [6, 6.07) is 0. The lowest BCUT2D eigenvalue weighted by Gasteiger charge is -2.33. The number of likely N-dealkylation sites (N-methyl/N-ethyl adjacent to an activating group) is 1. The van der Waals surface area contributed by atoms with Crippen molar-refractivity contribution in [2.24, 2.45) is 0 Å². The molecule has 9 heteroatoms. The molecule has 0 atom stereocenters. The number of rotatable bonds is 3. The Hall–Kier alpha value is -1.25. The van der Waals surface area contributed by atoms with E-state index in [0.717, 1.165) is 11.3 Å². The molecule has 2 amide bonds. The Morgan fingerprint density at radius 3 is 2.53 bits per heavy atom. The molecule has 2 rings (SSSR count). The van der Waals surface area contributed by atoms with E-state index in [1.54, 1.807) is 11.9 Å². The van der Waals surface area contributed by atoms with Crippen LogP contribution in [0.2, 0.25) is 4.47 Å². The Morgan fingerprint density at radius 1 is 1.32 bits per heavy atom. The summed E-state index contributed by atoms with van der Waals surface area (Å²) < 4.78 is 0.265. The van der Waals surface area contributed by atoms with E-state index in [2.05, 4.69) is 15.5 Å². The lowest BCUT2D eigenvalue weighted by Crippen LogP contribution is -2.50. The Kier molecular flexibility index (Phi) is 4.67. The molecule has 0 bridgehead atoms. The summed E-state index contributed by atoms with van der Waals surface area (Å²) in [6.45, 7) is 2.86. The normalized spacial score (nSPS) is 16.4. The molecule has 0 saturated carbocycles. The van der Waals surface area contributed by atoms with Gasteiger partial charge >= 0.3 is 0 Å². The molecule has 0 spiro atoms. The van der Waals surface area contributed by atoms with Crippen LogP contribution in [0.15, 0.2) is 0 Å². The molecule has 1 aliphatic heterocycles. The Balaban J connectivity index is 1.86. The first-order valence-electron chi connectivity index (χ1n) is 5.81. The third-order valence-electron chi connectivity index (χ3n) is 2.89. The predicted octanol–water partition coefficient (Wildman–Crippen LogP) is -0.305. The van der Waals surface area contributed by atoms with Crippen LogP contribution in [0.3, 0.4) is 0 Å². The fourth-order valence-corrected chi connectivity index (χ4v) is 2.61. The number of amides is 2. The zero-order chi connectivity index (χ0) is 13.8. The van der Waals surface area contributed by atoms with E-state index in [1.807, 2.05) is 4.90 Å². The molecule has 1 fully saturated rings. The quantitative estimate of drug-likeness (QED) is 0.829. The molecule has 0 aliphatic carbocycles. The van der Waals surface area contributed by atoms with Gasteiger partial charge in [0, 0.05) is 33.2 Å². The molecule has 104 valence electrons. The van der Waals surface area contributed by atoms with E-state index >= 15 is 0 Å². The summed E-state index contributed by atoms with van der Waals surface area (Å²) >= 11 is 6.74. The van der Waals surface area contributed by atoms with Crippen LogP contribution in [0.25, 0.3) is 0 Å². The maximum Gasteiger partial charge on any atom is 0.284 e. The lowest BCUT2D eigenvalue weighted by atomic mass is 10.3. The summed E-state index contributed by atoms with van der Waals surface area (Å²) in [5.41, 5.74) is 0. The van der Waals surface area contributed by atoms with Crippen LogP contribution in [0, 0.1) is 0 Å². The van der Waals surface area contributed by atoms with Crippen LogP contribution >= 0.6 is 22.9 Å². The van der Waals surface area contributed by atoms with E-state index in [0.29, 0.717) is 37.7 Å². The Bertz CT molecular complexity index is 472. The first-order valence-corrected chi connectivity index (χ1v) is 7.01. The van der Waals surface area contributed by atoms with Gasteiger partial charge in [-0.1, -0.05) is 11.3 Å². The molecule has 1 aromatic heterocycles. The SMILES string of the molecule is CNC(=O)CN1CCN(C(=O)c2nnc(Cl)s2)CC1. The standard InChI is InChI=1S/C10H14ClN5O2S/c1-12-7(17)6-15-2-4-16(5-3-15)9(18)8-13-14-10(11)19-8/h2-6H2,1H3,(H,12,17). The second-order valence-electron chi connectivity index (χ2n) is 4.10. The number of hydrogen-bond donors (Lipinski definition) is 1. The van der Waals surface area contributed by atoms with Gasteiger partial charge in [0.25, 0.3) is 5.91 Å². The topological polar surface area (TPSA) is 78.4 Å². The van der Waals surface area contributed by atoms with Crippen molar-refractivity contribution in [3.63, 3.8) is 0 Å². The molecule has 1 N–H and O–H groups in total. The van der Waals surface area contributed by atoms with Crippen LogP contribution in [-0.4, -0.2) is 71.6 Å². The molecule has 19 heavy (non-hydrogen) atoms. The van der Waals surface area contributed by atoms with E-state index in [1.165, 1.54) is 0 Å². The minimum absolute atomic E-state index is 0.0179. The summed E-state index contributed by atoms with van der Waals surface area (Å²) in [4.78, 5) is 27.0. The number of halogens is 1. The van der Waals surface area contributed by atoms with Crippen molar-refractivity contribution in [2.75, 3.05) is 39.8 Å². The highest BCUT2D eigenvalue weighted by Gasteiger charge is 2.25. The van der Waals surface area contributed by atoms with Gasteiger partial charge in [0.05, 0.1) is 6.54 Å². The smallest absolute Gasteiger partial charge is 0.284 e. The van der Waals surface area contributed by atoms with Crippen molar-refractivity contribution in [1.82, 2.24) is 25.3 Å². The fourth-order valence-electron chi connectivity index (χ4n) is 1.82. The van der Waals surface area contributed by atoms with Gasteiger partial charge in [0.2, 0.25) is 15.4 Å². The third-order valence-corrected chi connectivity index (χ3v) is 3.90. The molecule has 0 unspecified atom stereocenters. The zero-order valence-electron chi connectivity index (χ0n) is 10.4. The van der Waals surface area contributed by atoms with Gasteiger partial charge in [-0.05, 0) is 11.6 Å². The van der Waals surface area contributed by atoms with E-state index in [4.69, 9.17) is 11.6 Å². The van der Waals surface area contributed by atoms with Crippen molar-refractivity contribution < 1.29 is 9.59 Å². The number of carbonyl (C=O) groups is 2. The lowest BCUT2D eigenvalue weighted by molar-refractivity contribution is -0.122. The van der Waals surface area contributed by atoms with Gasteiger partial charge in [-0.3, -0.25) is 14.5 Å². The van der Waals surface area contributed by atoms with Crippen LogP contribution in [0.4, 0.5) is 0 Å². The highest BCUT2D eigenvalue weighted by atomic mass is 35.5. The molecule has 1 aliphatic rings. The molecular formula is C10H14ClN5O2S. The van der Waals surface area contributed by atoms with Gasteiger partial charge in [0.15, 0.2) is 0 Å². The monoisotopic (exact) mass is 303 g/mol. The summed E-state index contributed by atoms with van der Waals surface area (Å²) in [5.74, 6) is -0.167. The molecule has 7 nitrogen and oxygen atoms in total. The third kappa shape index (κ3) is 3.62. The van der Waals surface area contributed by atoms with Crippen LogP contribution in [0.5, 0.6) is 0 Å². The van der Waals surface area contributed by atoms with E-state index < -0.39 is 0 Å². The van der Waals surface area contributed by atoms with Crippen molar-refractivity contribution in [2.45, 2.75) is 0 Å². The highest BCUT2D eigenvalue weighted by Crippen LogP contribution is 2.17. The minimum Gasteiger partial charge on any atom is -0.358 e. The van der Waals surface area contributed by atoms with Crippen LogP contribution < -0.4 is 5.32 Å². The zero-order valence-corrected chi connectivity index (χ0v) is 12.0. The van der Waals surface area contributed by atoms with Crippen LogP contribution in [0.1, 0.15) is 9.80 Å². The molecule has 0 aromatic carbocycles. The fraction of sp³-hybridized carbons (Fsp3) is 0.600. The first-order chi connectivity index (χ1) is 9.10. The van der Waals surface area contributed by atoms with Gasteiger partial charge < -0.3 is 10.2 Å².